The van der Waals surface area contributed by atoms with Crippen LogP contribution in [0.3, 0.4) is 0 Å². The predicted molar refractivity (Wildman–Crippen MR) is 150 cm³/mol. The number of ether oxygens (including phenoxy) is 2. The summed E-state index contributed by atoms with van der Waals surface area (Å²) < 4.78 is 11.5. The maximum atomic E-state index is 13.6. The van der Waals surface area contributed by atoms with E-state index in [4.69, 9.17) is 9.47 Å². The van der Waals surface area contributed by atoms with Crippen molar-refractivity contribution in [2.24, 2.45) is 5.92 Å². The van der Waals surface area contributed by atoms with Gasteiger partial charge >= 0.3 is 12.1 Å². The molecule has 0 aliphatic carbocycles. The normalized spacial score (nSPS) is 17.7. The van der Waals surface area contributed by atoms with Crippen LogP contribution >= 0.6 is 0 Å². The number of carbonyl (C=O) groups is 3. The van der Waals surface area contributed by atoms with Gasteiger partial charge in [0.05, 0.1) is 31.9 Å². The molecule has 1 aliphatic heterocycles. The van der Waals surface area contributed by atoms with Crippen molar-refractivity contribution in [2.75, 3.05) is 44.5 Å². The Morgan fingerprint density at radius 3 is 2.41 bits per heavy atom. The minimum atomic E-state index is -0.458. The van der Waals surface area contributed by atoms with Gasteiger partial charge in [0, 0.05) is 36.9 Å². The summed E-state index contributed by atoms with van der Waals surface area (Å²) in [6, 6.07) is 10.7. The number of likely N-dealkylation sites (N-methyl/N-ethyl adjacent to an activating group) is 1. The molecule has 0 aromatic heterocycles. The summed E-state index contributed by atoms with van der Waals surface area (Å²) in [4.78, 5) is 41.8. The topological polar surface area (TPSA) is 132 Å². The minimum Gasteiger partial charge on any atom is -0.497 e. The fourth-order valence-corrected chi connectivity index (χ4v) is 4.19. The maximum absolute atomic E-state index is 13.6. The molecule has 11 nitrogen and oxygen atoms in total. The van der Waals surface area contributed by atoms with Gasteiger partial charge in [-0.3, -0.25) is 4.79 Å². The van der Waals surface area contributed by atoms with E-state index in [1.165, 1.54) is 4.90 Å². The molecular weight excluding hydrogens is 502 g/mol. The van der Waals surface area contributed by atoms with Gasteiger partial charge in [0.25, 0.3) is 5.91 Å². The number of nitrogens with one attached hydrogen (secondary N) is 3. The van der Waals surface area contributed by atoms with Crippen LogP contribution in [-0.2, 0) is 0 Å². The number of hydrogen-bond donors (Lipinski definition) is 4. The van der Waals surface area contributed by atoms with Gasteiger partial charge in [-0.2, -0.15) is 0 Å². The van der Waals surface area contributed by atoms with Gasteiger partial charge in [-0.05, 0) is 63.2 Å². The summed E-state index contributed by atoms with van der Waals surface area (Å²) in [5.41, 5.74) is 1.32. The van der Waals surface area contributed by atoms with Crippen LogP contribution in [0.2, 0.25) is 0 Å². The SMILES string of the molecule is COc1ccc(NC(=O)N(C)C[C@@H]2Oc3ccc(NC(=O)NC(C)C)cc3C(=O)N([C@@H](C)CO)C[C@@H]2C)cc1. The van der Waals surface area contributed by atoms with E-state index in [1.807, 2.05) is 20.8 Å². The Morgan fingerprint density at radius 2 is 1.79 bits per heavy atom. The second-order valence-corrected chi connectivity index (χ2v) is 10.1. The summed E-state index contributed by atoms with van der Waals surface area (Å²) in [6.45, 7) is 7.76. The van der Waals surface area contributed by atoms with Crippen LogP contribution in [0.25, 0.3) is 0 Å². The first-order valence-corrected chi connectivity index (χ1v) is 13.0. The van der Waals surface area contributed by atoms with E-state index < -0.39 is 12.1 Å². The number of carbonyl (C=O) groups excluding carboxylic acids is 3. The van der Waals surface area contributed by atoms with E-state index >= 15 is 0 Å². The highest BCUT2D eigenvalue weighted by atomic mass is 16.5. The van der Waals surface area contributed by atoms with Crippen molar-refractivity contribution in [1.82, 2.24) is 15.1 Å². The molecular formula is C28H39N5O6. The molecule has 4 N–H and O–H groups in total. The van der Waals surface area contributed by atoms with Crippen LogP contribution in [0.4, 0.5) is 21.0 Å². The summed E-state index contributed by atoms with van der Waals surface area (Å²) in [5.74, 6) is 0.551. The molecule has 0 radical (unpaired) electrons. The lowest BCUT2D eigenvalue weighted by atomic mass is 9.99. The Morgan fingerprint density at radius 1 is 1.13 bits per heavy atom. The molecule has 3 rings (SSSR count). The van der Waals surface area contributed by atoms with Gasteiger partial charge in [-0.1, -0.05) is 6.92 Å². The molecule has 0 spiro atoms. The molecule has 0 bridgehead atoms. The summed E-state index contributed by atoms with van der Waals surface area (Å²) in [7, 11) is 3.25. The number of fused-ring (bicyclic) bond motifs is 1. The molecule has 0 saturated heterocycles. The van der Waals surface area contributed by atoms with Crippen molar-refractivity contribution in [3.05, 3.63) is 48.0 Å². The smallest absolute Gasteiger partial charge is 0.321 e. The first kappa shape index (κ1) is 29.6. The fraction of sp³-hybridized carbons (Fsp3) is 0.464. The maximum Gasteiger partial charge on any atom is 0.321 e. The van der Waals surface area contributed by atoms with Crippen molar-refractivity contribution >= 4 is 29.3 Å². The second-order valence-electron chi connectivity index (χ2n) is 10.1. The predicted octanol–water partition coefficient (Wildman–Crippen LogP) is 3.61. The highest BCUT2D eigenvalue weighted by molar-refractivity contribution is 5.99. The highest BCUT2D eigenvalue weighted by Gasteiger charge is 2.34. The van der Waals surface area contributed by atoms with E-state index in [9.17, 15) is 19.5 Å². The van der Waals surface area contributed by atoms with Gasteiger partial charge in [-0.15, -0.1) is 0 Å². The Bertz CT molecular complexity index is 1160. The van der Waals surface area contributed by atoms with Crippen LogP contribution in [0.5, 0.6) is 11.5 Å². The van der Waals surface area contributed by atoms with Crippen LogP contribution in [0.15, 0.2) is 42.5 Å². The molecule has 3 atom stereocenters. The van der Waals surface area contributed by atoms with E-state index in [-0.39, 0.29) is 48.6 Å². The third-order valence-electron chi connectivity index (χ3n) is 6.48. The first-order valence-electron chi connectivity index (χ1n) is 13.0. The summed E-state index contributed by atoms with van der Waals surface area (Å²) >= 11 is 0. The fourth-order valence-electron chi connectivity index (χ4n) is 4.19. The van der Waals surface area contributed by atoms with Crippen LogP contribution in [0.1, 0.15) is 38.1 Å². The molecule has 0 fully saturated rings. The average Bonchev–Trinajstić information content (AvgIpc) is 2.90. The van der Waals surface area contributed by atoms with Gasteiger partial charge in [0.1, 0.15) is 17.6 Å². The molecule has 1 aliphatic rings. The minimum absolute atomic E-state index is 0.0543. The number of aliphatic hydroxyl groups is 1. The third kappa shape index (κ3) is 7.76. The number of methoxy groups -OCH3 is 1. The Kier molecular flexibility index (Phi) is 10.00. The van der Waals surface area contributed by atoms with Crippen molar-refractivity contribution in [3.63, 3.8) is 0 Å². The number of nitrogens with zero attached hydrogens (tertiary/aromatic N) is 2. The van der Waals surface area contributed by atoms with Gasteiger partial charge < -0.3 is 40.3 Å². The molecule has 1 heterocycles. The van der Waals surface area contributed by atoms with Crippen LogP contribution in [-0.4, -0.2) is 84.9 Å². The number of benzene rings is 2. The lowest BCUT2D eigenvalue weighted by Gasteiger charge is -2.38. The number of amides is 5. The molecule has 2 aromatic rings. The molecule has 5 amide bonds. The Labute approximate surface area is 229 Å². The van der Waals surface area contributed by atoms with Crippen molar-refractivity contribution in [2.45, 2.75) is 45.9 Å². The summed E-state index contributed by atoms with van der Waals surface area (Å²) in [6.07, 6.45) is -0.458. The monoisotopic (exact) mass is 541 g/mol. The van der Waals surface area contributed by atoms with Crippen LogP contribution < -0.4 is 25.4 Å². The average molecular weight is 542 g/mol. The molecule has 2 aromatic carbocycles. The molecule has 212 valence electrons. The van der Waals surface area contributed by atoms with Gasteiger partial charge in [-0.25, -0.2) is 9.59 Å². The van der Waals surface area contributed by atoms with Crippen LogP contribution in [0, 0.1) is 5.92 Å². The van der Waals surface area contributed by atoms with E-state index in [0.717, 1.165) is 0 Å². The highest BCUT2D eigenvalue weighted by Crippen LogP contribution is 2.31. The van der Waals surface area contributed by atoms with Crippen molar-refractivity contribution in [3.8, 4) is 11.5 Å². The number of rotatable bonds is 8. The standard InChI is InChI=1S/C28H39N5O6/c1-17(2)29-27(36)30-21-9-12-24-23(13-21)26(35)33(19(4)16-34)14-18(3)25(39-24)15-32(5)28(37)31-20-7-10-22(38-6)11-8-20/h7-13,17-19,25,34H,14-16H2,1-6H3,(H,31,37)(H2,29,30,36)/t18-,19-,25-/m0/s1. The number of aliphatic hydroxyl groups excluding tert-OH is 1. The summed E-state index contributed by atoms with van der Waals surface area (Å²) in [5, 5.41) is 18.2. The number of urea groups is 2. The quantitative estimate of drug-likeness (QED) is 0.404. The molecule has 11 heteroatoms. The van der Waals surface area contributed by atoms with Gasteiger partial charge in [0.15, 0.2) is 0 Å². The lowest BCUT2D eigenvalue weighted by molar-refractivity contribution is 0.0371. The number of anilines is 2. The Hall–Kier alpha value is -3.99. The van der Waals surface area contributed by atoms with E-state index in [0.29, 0.717) is 29.4 Å². The zero-order chi connectivity index (χ0) is 28.7. The largest absolute Gasteiger partial charge is 0.497 e. The lowest BCUT2D eigenvalue weighted by Crippen LogP contribution is -2.50. The van der Waals surface area contributed by atoms with Crippen molar-refractivity contribution in [1.29, 1.82) is 0 Å². The molecule has 39 heavy (non-hydrogen) atoms. The van der Waals surface area contributed by atoms with Gasteiger partial charge in [0.2, 0.25) is 0 Å². The third-order valence-corrected chi connectivity index (χ3v) is 6.48. The number of hydrogen-bond acceptors (Lipinski definition) is 6. The second kappa shape index (κ2) is 13.2. The first-order chi connectivity index (χ1) is 18.5. The molecule has 0 unspecified atom stereocenters. The van der Waals surface area contributed by atoms with Crippen molar-refractivity contribution < 1.29 is 29.0 Å². The van der Waals surface area contributed by atoms with E-state index in [2.05, 4.69) is 16.0 Å². The molecule has 0 saturated carbocycles. The van der Waals surface area contributed by atoms with E-state index in [1.54, 1.807) is 68.4 Å². The zero-order valence-electron chi connectivity index (χ0n) is 23.4. The zero-order valence-corrected chi connectivity index (χ0v) is 23.4. The Balaban J connectivity index is 1.83.